The van der Waals surface area contributed by atoms with Crippen molar-refractivity contribution in [3.8, 4) is 11.5 Å². The maximum Gasteiger partial charge on any atom is 0.174 e. The Hall–Kier alpha value is -1.59. The summed E-state index contributed by atoms with van der Waals surface area (Å²) < 4.78 is 7.00. The van der Waals surface area contributed by atoms with E-state index in [1.165, 1.54) is 12.8 Å². The van der Waals surface area contributed by atoms with Crippen LogP contribution in [0.25, 0.3) is 0 Å². The molecule has 1 aromatic carbocycles. The third kappa shape index (κ3) is 1.55. The van der Waals surface area contributed by atoms with E-state index < -0.39 is 17.1 Å². The molecule has 6 rings (SSSR count). The molecule has 2 aliphatic heterocycles. The van der Waals surface area contributed by atoms with E-state index >= 15 is 0 Å². The van der Waals surface area contributed by atoms with Crippen molar-refractivity contribution in [2.45, 2.75) is 61.7 Å². The average Bonchev–Trinajstić information content (AvgIpc) is 3.33. The number of likely N-dealkylation sites (tertiary alicyclic amines) is 1. The summed E-state index contributed by atoms with van der Waals surface area (Å²) in [5, 5.41) is 22.8. The second-order valence-electron chi connectivity index (χ2n) is 9.60. The number of hydrogen-bond donors (Lipinski definition) is 2. The molecule has 5 heteroatoms. The van der Waals surface area contributed by atoms with Crippen LogP contribution < -0.4 is 4.74 Å². The number of piperidine rings is 1. The van der Waals surface area contributed by atoms with Crippen molar-refractivity contribution < 1.29 is 24.2 Å². The summed E-state index contributed by atoms with van der Waals surface area (Å²) >= 11 is 0. The Kier molecular flexibility index (Phi) is 2.65. The second kappa shape index (κ2) is 4.45. The summed E-state index contributed by atoms with van der Waals surface area (Å²) in [6, 6.07) is 3.49. The normalized spacial score (nSPS) is 45.2. The van der Waals surface area contributed by atoms with E-state index in [0.29, 0.717) is 25.0 Å². The average molecular weight is 356 g/mol. The van der Waals surface area contributed by atoms with Gasteiger partial charge in [0.1, 0.15) is 23.1 Å². The molecule has 5 atom stereocenters. The summed E-state index contributed by atoms with van der Waals surface area (Å²) in [6.45, 7) is 2.06. The third-order valence-corrected chi connectivity index (χ3v) is 8.30. The molecular formula is C21H26NO4+. The first-order valence-corrected chi connectivity index (χ1v) is 10.0. The Morgan fingerprint density at radius 2 is 2.12 bits per heavy atom. The highest BCUT2D eigenvalue weighted by Crippen LogP contribution is 2.65. The molecule has 0 amide bonds. The number of carbonyl (C=O) groups excluding carboxylic acids is 1. The SMILES string of the molecule is C[N@@+]1(CC2CC2)CC[C@@]23c4c5ccc(O)c4CC1C2(O)CCC(=O)C3O5. The molecule has 3 aliphatic carbocycles. The predicted octanol–water partition coefficient (Wildman–Crippen LogP) is 1.67. The number of carbonyl (C=O) groups is 1. The molecule has 1 spiro atoms. The predicted molar refractivity (Wildman–Crippen MR) is 94.1 cm³/mol. The first-order valence-electron chi connectivity index (χ1n) is 10.0. The van der Waals surface area contributed by atoms with Gasteiger partial charge in [0.25, 0.3) is 0 Å². The molecule has 3 fully saturated rings. The molecule has 2 saturated carbocycles. The molecular weight excluding hydrogens is 330 g/mol. The fourth-order valence-corrected chi connectivity index (χ4v) is 6.95. The number of Topliss-reactive ketones (excluding diaryl/α,β-unsaturated/α-hetero) is 1. The van der Waals surface area contributed by atoms with Gasteiger partial charge in [-0.1, -0.05) is 0 Å². The summed E-state index contributed by atoms with van der Waals surface area (Å²) in [7, 11) is 2.28. The van der Waals surface area contributed by atoms with Crippen LogP contribution in [0.1, 0.15) is 43.2 Å². The number of hydrogen-bond acceptors (Lipinski definition) is 4. The van der Waals surface area contributed by atoms with Crippen LogP contribution in [0.3, 0.4) is 0 Å². The standard InChI is InChI=1S/C21H25NO4/c1-22(11-12-2-3-12)9-8-20-18-13-10-17(22)21(20,25)7-6-15(24)19(20)26-16(18)5-4-14(13)23/h4-5,12,17,19,25H,2-3,6-11H2,1H3/p+1/t17?,19?,20-,21?,22-/m0/s1. The second-order valence-corrected chi connectivity index (χ2v) is 9.60. The number of quaternary nitrogens is 1. The van der Waals surface area contributed by atoms with Gasteiger partial charge in [-0.25, -0.2) is 0 Å². The first-order chi connectivity index (χ1) is 12.4. The number of nitrogens with zero attached hydrogens (tertiary/aromatic N) is 1. The zero-order valence-corrected chi connectivity index (χ0v) is 15.2. The Bertz CT molecular complexity index is 849. The van der Waals surface area contributed by atoms with Crippen molar-refractivity contribution in [3.05, 3.63) is 23.3 Å². The number of phenolic OH excluding ortho intramolecular Hbond substituents is 1. The highest BCUT2D eigenvalue weighted by molar-refractivity contribution is 5.89. The molecule has 138 valence electrons. The third-order valence-electron chi connectivity index (χ3n) is 8.30. The number of phenols is 1. The van der Waals surface area contributed by atoms with Gasteiger partial charge in [0.05, 0.1) is 25.6 Å². The highest BCUT2D eigenvalue weighted by atomic mass is 16.5. The smallest absolute Gasteiger partial charge is 0.174 e. The maximum absolute atomic E-state index is 12.8. The Balaban J connectivity index is 1.61. The number of ether oxygens (including phenoxy) is 1. The van der Waals surface area contributed by atoms with E-state index in [2.05, 4.69) is 7.05 Å². The van der Waals surface area contributed by atoms with Gasteiger partial charge < -0.3 is 19.4 Å². The molecule has 1 aromatic rings. The summed E-state index contributed by atoms with van der Waals surface area (Å²) in [6.07, 6.45) is 4.32. The lowest BCUT2D eigenvalue weighted by Crippen LogP contribution is -2.80. The number of aromatic hydroxyl groups is 1. The summed E-state index contributed by atoms with van der Waals surface area (Å²) in [5.41, 5.74) is 0.247. The van der Waals surface area contributed by atoms with E-state index in [0.717, 1.165) is 41.0 Å². The van der Waals surface area contributed by atoms with Crippen molar-refractivity contribution in [1.82, 2.24) is 0 Å². The monoisotopic (exact) mass is 356 g/mol. The number of ketones is 1. The highest BCUT2D eigenvalue weighted by Gasteiger charge is 2.76. The van der Waals surface area contributed by atoms with Crippen molar-refractivity contribution in [2.75, 3.05) is 20.1 Å². The number of likely N-dealkylation sites (N-methyl/N-ethyl adjacent to an activating group) is 1. The molecule has 5 nitrogen and oxygen atoms in total. The fourth-order valence-electron chi connectivity index (χ4n) is 6.95. The summed E-state index contributed by atoms with van der Waals surface area (Å²) in [4.78, 5) is 12.8. The first kappa shape index (κ1) is 15.5. The molecule has 1 saturated heterocycles. The van der Waals surface area contributed by atoms with E-state index in [-0.39, 0.29) is 17.6 Å². The van der Waals surface area contributed by atoms with Crippen molar-refractivity contribution in [3.63, 3.8) is 0 Å². The van der Waals surface area contributed by atoms with Crippen molar-refractivity contribution in [1.29, 1.82) is 0 Å². The lowest BCUT2D eigenvalue weighted by molar-refractivity contribution is -0.950. The quantitative estimate of drug-likeness (QED) is 0.791. The van der Waals surface area contributed by atoms with E-state index in [1.807, 2.05) is 0 Å². The Morgan fingerprint density at radius 1 is 1.31 bits per heavy atom. The van der Waals surface area contributed by atoms with Gasteiger partial charge in [0, 0.05) is 36.3 Å². The van der Waals surface area contributed by atoms with Crippen LogP contribution in [0, 0.1) is 5.92 Å². The van der Waals surface area contributed by atoms with E-state index in [4.69, 9.17) is 4.74 Å². The van der Waals surface area contributed by atoms with Crippen molar-refractivity contribution >= 4 is 5.78 Å². The molecule has 0 aromatic heterocycles. The van der Waals surface area contributed by atoms with Gasteiger partial charge in [0.2, 0.25) is 0 Å². The summed E-state index contributed by atoms with van der Waals surface area (Å²) in [5.74, 6) is 1.86. The zero-order valence-electron chi connectivity index (χ0n) is 15.2. The van der Waals surface area contributed by atoms with Gasteiger partial charge >= 0.3 is 0 Å². The Labute approximate surface area is 153 Å². The largest absolute Gasteiger partial charge is 0.508 e. The number of rotatable bonds is 2. The van der Waals surface area contributed by atoms with Crippen LogP contribution in [0.4, 0.5) is 0 Å². The van der Waals surface area contributed by atoms with Crippen LogP contribution >= 0.6 is 0 Å². The number of benzene rings is 1. The maximum atomic E-state index is 12.8. The zero-order chi connectivity index (χ0) is 17.9. The molecule has 0 radical (unpaired) electrons. The minimum Gasteiger partial charge on any atom is -0.508 e. The van der Waals surface area contributed by atoms with Gasteiger partial charge in [-0.15, -0.1) is 0 Å². The van der Waals surface area contributed by atoms with Gasteiger partial charge in [-0.3, -0.25) is 4.79 Å². The van der Waals surface area contributed by atoms with Crippen LogP contribution in [0.15, 0.2) is 12.1 Å². The van der Waals surface area contributed by atoms with E-state index in [1.54, 1.807) is 12.1 Å². The van der Waals surface area contributed by atoms with Crippen LogP contribution in [0.2, 0.25) is 0 Å². The van der Waals surface area contributed by atoms with Crippen LogP contribution in [-0.4, -0.2) is 58.4 Å². The number of aliphatic hydroxyl groups is 1. The van der Waals surface area contributed by atoms with Crippen LogP contribution in [0.5, 0.6) is 11.5 Å². The van der Waals surface area contributed by atoms with Gasteiger partial charge in [-0.05, 0) is 31.4 Å². The van der Waals surface area contributed by atoms with Crippen molar-refractivity contribution in [2.24, 2.45) is 5.92 Å². The molecule has 5 aliphatic rings. The molecule has 2 N–H and O–H groups in total. The minimum atomic E-state index is -0.931. The topological polar surface area (TPSA) is 66.8 Å². The Morgan fingerprint density at radius 3 is 2.88 bits per heavy atom. The van der Waals surface area contributed by atoms with Gasteiger partial charge in [-0.2, -0.15) is 0 Å². The molecule has 2 heterocycles. The molecule has 26 heavy (non-hydrogen) atoms. The fraction of sp³-hybridized carbons (Fsp3) is 0.667. The lowest BCUT2D eigenvalue weighted by atomic mass is 9.48. The van der Waals surface area contributed by atoms with E-state index in [9.17, 15) is 15.0 Å². The minimum absolute atomic E-state index is 0.0165. The van der Waals surface area contributed by atoms with Gasteiger partial charge in [0.15, 0.2) is 11.9 Å². The molecule has 3 unspecified atom stereocenters. The lowest BCUT2D eigenvalue weighted by Gasteiger charge is -2.64. The van der Waals surface area contributed by atoms with Crippen LogP contribution in [-0.2, 0) is 16.6 Å². The molecule has 2 bridgehead atoms.